The van der Waals surface area contributed by atoms with E-state index in [-0.39, 0.29) is 29.9 Å². The summed E-state index contributed by atoms with van der Waals surface area (Å²) >= 11 is 0. The van der Waals surface area contributed by atoms with Gasteiger partial charge in [0.15, 0.2) is 0 Å². The lowest BCUT2D eigenvalue weighted by Crippen LogP contribution is -2.55. The van der Waals surface area contributed by atoms with Gasteiger partial charge in [-0.05, 0) is 36.5 Å². The number of rotatable bonds is 12. The Kier molecular flexibility index (Phi) is 9.73. The maximum absolute atomic E-state index is 13.5. The summed E-state index contributed by atoms with van der Waals surface area (Å²) in [6.45, 7) is 2.92. The smallest absolute Gasteiger partial charge is 0.262 e. The molecule has 12 heteroatoms. The molecule has 3 rings (SSSR count). The van der Waals surface area contributed by atoms with Crippen LogP contribution in [0.2, 0.25) is 0 Å². The molecule has 1 aliphatic heterocycles. The molecular weight excluding hydrogens is 524 g/mol. The molecule has 0 bridgehead atoms. The summed E-state index contributed by atoms with van der Waals surface area (Å²) in [5.41, 5.74) is 5.03. The summed E-state index contributed by atoms with van der Waals surface area (Å²) in [6, 6.07) is 15.4. The van der Waals surface area contributed by atoms with Crippen molar-refractivity contribution in [1.29, 1.82) is 0 Å². The number of carbonyl (C=O) groups excluding carboxylic acids is 4. The van der Waals surface area contributed by atoms with Gasteiger partial charge in [0.2, 0.25) is 21.8 Å². The Morgan fingerprint density at radius 1 is 0.949 bits per heavy atom. The van der Waals surface area contributed by atoms with E-state index in [9.17, 15) is 32.8 Å². The van der Waals surface area contributed by atoms with Crippen molar-refractivity contribution in [2.45, 2.75) is 26.7 Å². The molecule has 2 aromatic carbocycles. The molecule has 0 unspecified atom stereocenters. The molecule has 0 spiro atoms. The molecule has 39 heavy (non-hydrogen) atoms. The van der Waals surface area contributed by atoms with Crippen LogP contribution in [0.3, 0.4) is 0 Å². The number of hydrazine groups is 1. The second kappa shape index (κ2) is 12.8. The predicted octanol–water partition coefficient (Wildman–Crippen LogP) is 2.42. The Labute approximate surface area is 227 Å². The summed E-state index contributed by atoms with van der Waals surface area (Å²) in [5, 5.41) is 9.39. The number of imide groups is 1. The molecule has 3 N–H and O–H groups in total. The van der Waals surface area contributed by atoms with Crippen LogP contribution in [0.5, 0.6) is 0 Å². The molecule has 2 atom stereocenters. The van der Waals surface area contributed by atoms with Crippen molar-refractivity contribution in [3.8, 4) is 0 Å². The third-order valence-electron chi connectivity index (χ3n) is 6.28. The van der Waals surface area contributed by atoms with E-state index in [0.29, 0.717) is 4.41 Å². The van der Waals surface area contributed by atoms with Gasteiger partial charge >= 0.3 is 0 Å². The minimum Gasteiger partial charge on any atom is -0.289 e. The minimum atomic E-state index is -4.16. The van der Waals surface area contributed by atoms with Gasteiger partial charge in [0.05, 0.1) is 29.2 Å². The normalized spacial score (nSPS) is 15.1. The maximum Gasteiger partial charge on any atom is 0.262 e. The number of hydrogen-bond donors (Lipinski definition) is 3. The number of amides is 4. The molecule has 0 saturated carbocycles. The number of fused-ring (bicyclic) bond motifs is 1. The topological polar surface area (TPSA) is 153 Å². The quantitative estimate of drug-likeness (QED) is 0.206. The molecule has 208 valence electrons. The van der Waals surface area contributed by atoms with E-state index >= 15 is 0 Å². The highest BCUT2D eigenvalue weighted by Gasteiger charge is 2.40. The molecule has 0 aliphatic carbocycles. The van der Waals surface area contributed by atoms with Gasteiger partial charge in [-0.3, -0.25) is 34.7 Å². The summed E-state index contributed by atoms with van der Waals surface area (Å²) in [7, 11) is -4.16. The van der Waals surface area contributed by atoms with Crippen LogP contribution in [-0.2, 0) is 19.6 Å². The summed E-state index contributed by atoms with van der Waals surface area (Å²) in [5.74, 6) is -5.17. The van der Waals surface area contributed by atoms with E-state index in [1.54, 1.807) is 29.8 Å². The van der Waals surface area contributed by atoms with E-state index in [1.165, 1.54) is 12.1 Å². The molecule has 0 fully saturated rings. The van der Waals surface area contributed by atoms with Crippen molar-refractivity contribution in [1.82, 2.24) is 20.2 Å². The fourth-order valence-corrected chi connectivity index (χ4v) is 4.92. The minimum absolute atomic E-state index is 0.0728. The first-order valence-electron chi connectivity index (χ1n) is 12.3. The Morgan fingerprint density at radius 3 is 2.03 bits per heavy atom. The number of allylic oxidation sites excluding steroid dienone is 1. The molecular formula is C27H32N4O7S. The molecule has 4 amide bonds. The van der Waals surface area contributed by atoms with Crippen molar-refractivity contribution in [3.63, 3.8) is 0 Å². The zero-order valence-corrected chi connectivity index (χ0v) is 22.7. The zero-order chi connectivity index (χ0) is 28.7. The zero-order valence-electron chi connectivity index (χ0n) is 21.9. The second-order valence-corrected chi connectivity index (χ2v) is 11.6. The van der Waals surface area contributed by atoms with Crippen LogP contribution in [0.25, 0.3) is 6.08 Å². The molecule has 1 aliphatic rings. The van der Waals surface area contributed by atoms with Crippen molar-refractivity contribution in [2.75, 3.05) is 12.9 Å². The van der Waals surface area contributed by atoms with Gasteiger partial charge in [-0.15, -0.1) is 0 Å². The first kappa shape index (κ1) is 29.7. The van der Waals surface area contributed by atoms with E-state index in [2.05, 4.69) is 5.43 Å². The molecule has 0 aromatic heterocycles. The Balaban J connectivity index is 1.85. The lowest BCUT2D eigenvalue weighted by Gasteiger charge is -2.30. The van der Waals surface area contributed by atoms with Gasteiger partial charge in [0, 0.05) is 0 Å². The molecule has 2 aromatic rings. The monoisotopic (exact) mass is 556 g/mol. The average Bonchev–Trinajstić information content (AvgIpc) is 3.14. The maximum atomic E-state index is 13.5. The molecule has 11 nitrogen and oxygen atoms in total. The van der Waals surface area contributed by atoms with Crippen LogP contribution in [0.4, 0.5) is 0 Å². The Bertz CT molecular complexity index is 1320. The second-order valence-electron chi connectivity index (χ2n) is 9.68. The SMILES string of the molecule is CC(C)C[C@@H](C(=O)NN(CN1C(=O)c2ccccc2C1=O)S(C)(=O)=O)[C@H](C/C=C/c1ccccc1)C(=O)NO. The number of nitrogens with zero attached hydrogens (tertiary/aromatic N) is 2. The Hall–Kier alpha value is -3.87. The summed E-state index contributed by atoms with van der Waals surface area (Å²) < 4.78 is 25.7. The first-order chi connectivity index (χ1) is 18.4. The third-order valence-corrected chi connectivity index (χ3v) is 7.29. The van der Waals surface area contributed by atoms with Crippen LogP contribution in [0.15, 0.2) is 60.7 Å². The largest absolute Gasteiger partial charge is 0.289 e. The fourth-order valence-electron chi connectivity index (χ4n) is 4.34. The van der Waals surface area contributed by atoms with Gasteiger partial charge in [0.1, 0.15) is 6.67 Å². The molecule has 1 heterocycles. The number of hydrogen-bond acceptors (Lipinski definition) is 7. The third kappa shape index (κ3) is 7.37. The number of sulfonamides is 1. The number of carbonyl (C=O) groups is 4. The van der Waals surface area contributed by atoms with Crippen LogP contribution in [0.1, 0.15) is 53.0 Å². The lowest BCUT2D eigenvalue weighted by molar-refractivity contribution is -0.142. The van der Waals surface area contributed by atoms with Crippen LogP contribution < -0.4 is 10.9 Å². The van der Waals surface area contributed by atoms with Gasteiger partial charge in [-0.25, -0.2) is 13.9 Å². The number of hydroxylamine groups is 1. The van der Waals surface area contributed by atoms with Crippen molar-refractivity contribution < 1.29 is 32.8 Å². The van der Waals surface area contributed by atoms with E-state index < -0.39 is 52.2 Å². The van der Waals surface area contributed by atoms with Crippen molar-refractivity contribution >= 4 is 39.7 Å². The van der Waals surface area contributed by atoms with Crippen molar-refractivity contribution in [3.05, 3.63) is 77.4 Å². The van der Waals surface area contributed by atoms with E-state index in [0.717, 1.165) is 16.7 Å². The standard InChI is InChI=1S/C27H32N4O7S/c1-18(2)16-23(20(25(33)29-36)15-9-12-19-10-5-4-6-11-19)24(32)28-31(39(3,37)38)17-30-26(34)21-13-7-8-14-22(21)27(30)35/h4-14,18,20,23,36H,15-17H2,1-3H3,(H,28,32)(H,29,33)/b12-9+/t20-,23+/m0/s1. The molecule has 0 saturated heterocycles. The number of nitrogens with one attached hydrogen (secondary N) is 2. The number of benzene rings is 2. The highest BCUT2D eigenvalue weighted by atomic mass is 32.2. The van der Waals surface area contributed by atoms with E-state index in [4.69, 9.17) is 0 Å². The fraction of sp³-hybridized carbons (Fsp3) is 0.333. The average molecular weight is 557 g/mol. The summed E-state index contributed by atoms with van der Waals surface area (Å²) in [4.78, 5) is 52.4. The van der Waals surface area contributed by atoms with Gasteiger partial charge < -0.3 is 0 Å². The molecule has 0 radical (unpaired) electrons. The van der Waals surface area contributed by atoms with Crippen LogP contribution in [-0.4, -0.2) is 59.5 Å². The van der Waals surface area contributed by atoms with Crippen LogP contribution >= 0.6 is 0 Å². The van der Waals surface area contributed by atoms with Crippen LogP contribution in [0, 0.1) is 17.8 Å². The first-order valence-corrected chi connectivity index (χ1v) is 14.2. The predicted molar refractivity (Wildman–Crippen MR) is 143 cm³/mol. The lowest BCUT2D eigenvalue weighted by atomic mass is 9.82. The van der Waals surface area contributed by atoms with Gasteiger partial charge in [-0.2, -0.15) is 0 Å². The highest BCUT2D eigenvalue weighted by molar-refractivity contribution is 7.88. The highest BCUT2D eigenvalue weighted by Crippen LogP contribution is 2.27. The van der Waals surface area contributed by atoms with Crippen molar-refractivity contribution in [2.24, 2.45) is 17.8 Å². The summed E-state index contributed by atoms with van der Waals surface area (Å²) in [6.07, 6.45) is 4.55. The van der Waals surface area contributed by atoms with Gasteiger partial charge in [-0.1, -0.05) is 72.9 Å². The Morgan fingerprint density at radius 2 is 1.51 bits per heavy atom. The van der Waals surface area contributed by atoms with E-state index in [1.807, 2.05) is 44.2 Å². The van der Waals surface area contributed by atoms with Gasteiger partial charge in [0.25, 0.3) is 11.8 Å².